The molecule has 2 atom stereocenters. The molecule has 2 unspecified atom stereocenters. The van der Waals surface area contributed by atoms with Gasteiger partial charge >= 0.3 is 0 Å². The maximum atomic E-state index is 3.97. The van der Waals surface area contributed by atoms with Crippen molar-refractivity contribution in [1.29, 1.82) is 0 Å². The highest BCUT2D eigenvalue weighted by Crippen LogP contribution is 2.28. The number of rotatable bonds is 2. The van der Waals surface area contributed by atoms with Crippen molar-refractivity contribution in [3.63, 3.8) is 0 Å². The van der Waals surface area contributed by atoms with Crippen molar-refractivity contribution in [2.75, 3.05) is 0 Å². The first-order valence-corrected chi connectivity index (χ1v) is 8.02. The van der Waals surface area contributed by atoms with Gasteiger partial charge in [-0.15, -0.1) is 0 Å². The van der Waals surface area contributed by atoms with E-state index < -0.39 is 0 Å². The van der Waals surface area contributed by atoms with E-state index in [4.69, 9.17) is 0 Å². The number of hydrogen-bond donors (Lipinski definition) is 0. The lowest BCUT2D eigenvalue weighted by Crippen LogP contribution is -2.04. The third kappa shape index (κ3) is 7.47. The van der Waals surface area contributed by atoms with E-state index in [9.17, 15) is 0 Å². The van der Waals surface area contributed by atoms with Crippen molar-refractivity contribution in [2.45, 2.75) is 66.2 Å². The van der Waals surface area contributed by atoms with Gasteiger partial charge in [0.1, 0.15) is 0 Å². The first kappa shape index (κ1) is 19.9. The van der Waals surface area contributed by atoms with Gasteiger partial charge in [-0.2, -0.15) is 0 Å². The lowest BCUT2D eigenvalue weighted by atomic mass is 9.86. The molecule has 0 heterocycles. The largest absolute Gasteiger partial charge is 0.412 e. The predicted octanol–water partition coefficient (Wildman–Crippen LogP) is 5.79. The molecule has 0 spiro atoms. The Balaban J connectivity index is 0.000000364. The first-order valence-electron chi connectivity index (χ1n) is 8.02. The molecular formula is C20H34O. The Kier molecular flexibility index (Phi) is 9.28. The highest BCUT2D eigenvalue weighted by atomic mass is 16.0. The fraction of sp³-hybridized carbons (Fsp3) is 0.600. The molecule has 2 aliphatic rings. The summed E-state index contributed by atoms with van der Waals surface area (Å²) in [6.45, 7) is 16.7. The molecule has 1 heteroatoms. The van der Waals surface area contributed by atoms with E-state index in [2.05, 4.69) is 53.0 Å². The standard InChI is InChI=1S/2C10H16.H2O/c2*1-8(2)10-6-4-9(3)5-7-10;/h2*4,10H,1,5-7H2,2-3H3;1H2. The zero-order valence-corrected chi connectivity index (χ0v) is 14.5. The van der Waals surface area contributed by atoms with Crippen LogP contribution < -0.4 is 0 Å². The van der Waals surface area contributed by atoms with Crippen LogP contribution in [0.5, 0.6) is 0 Å². The molecule has 0 saturated heterocycles. The van der Waals surface area contributed by atoms with E-state index in [1.165, 1.54) is 49.7 Å². The lowest BCUT2D eigenvalue weighted by molar-refractivity contribution is 0.540. The van der Waals surface area contributed by atoms with Crippen molar-refractivity contribution >= 4 is 0 Å². The van der Waals surface area contributed by atoms with E-state index in [1.807, 2.05) is 0 Å². The molecule has 120 valence electrons. The maximum absolute atomic E-state index is 3.97. The van der Waals surface area contributed by atoms with Crippen LogP contribution in [0.1, 0.15) is 66.2 Å². The first-order chi connectivity index (χ1) is 9.40. The van der Waals surface area contributed by atoms with E-state index in [1.54, 1.807) is 11.1 Å². The Hall–Kier alpha value is -1.08. The van der Waals surface area contributed by atoms with Gasteiger partial charge in [0.05, 0.1) is 0 Å². The normalized spacial score (nSPS) is 24.6. The van der Waals surface area contributed by atoms with Gasteiger partial charge in [0.15, 0.2) is 0 Å². The van der Waals surface area contributed by atoms with Gasteiger partial charge in [-0.05, 0) is 78.1 Å². The second-order valence-electron chi connectivity index (χ2n) is 6.74. The minimum Gasteiger partial charge on any atom is -0.412 e. The summed E-state index contributed by atoms with van der Waals surface area (Å²) in [5.74, 6) is 1.53. The second kappa shape index (κ2) is 9.78. The molecule has 0 radical (unpaired) electrons. The fourth-order valence-corrected chi connectivity index (χ4v) is 2.83. The summed E-state index contributed by atoms with van der Waals surface area (Å²) in [4.78, 5) is 0. The molecular weight excluding hydrogens is 256 g/mol. The van der Waals surface area contributed by atoms with Crippen LogP contribution in [-0.2, 0) is 0 Å². The fourth-order valence-electron chi connectivity index (χ4n) is 2.83. The van der Waals surface area contributed by atoms with Crippen molar-refractivity contribution in [2.24, 2.45) is 11.8 Å². The maximum Gasteiger partial charge on any atom is -0.0171 e. The van der Waals surface area contributed by atoms with Crippen LogP contribution in [0, 0.1) is 11.8 Å². The predicted molar refractivity (Wildman–Crippen MR) is 95.4 cm³/mol. The zero-order chi connectivity index (χ0) is 15.1. The summed E-state index contributed by atoms with van der Waals surface area (Å²) < 4.78 is 0. The van der Waals surface area contributed by atoms with Crippen molar-refractivity contribution in [1.82, 2.24) is 0 Å². The summed E-state index contributed by atoms with van der Waals surface area (Å²) in [5, 5.41) is 0. The van der Waals surface area contributed by atoms with Gasteiger partial charge in [0, 0.05) is 0 Å². The van der Waals surface area contributed by atoms with Gasteiger partial charge in [-0.25, -0.2) is 0 Å². The van der Waals surface area contributed by atoms with Crippen LogP contribution in [-0.4, -0.2) is 5.48 Å². The van der Waals surface area contributed by atoms with Gasteiger partial charge in [-0.1, -0.05) is 47.6 Å². The van der Waals surface area contributed by atoms with E-state index in [0.29, 0.717) is 0 Å². The topological polar surface area (TPSA) is 31.5 Å². The summed E-state index contributed by atoms with van der Waals surface area (Å²) in [6.07, 6.45) is 12.3. The van der Waals surface area contributed by atoms with Crippen LogP contribution in [0.4, 0.5) is 0 Å². The smallest absolute Gasteiger partial charge is 0.0171 e. The Bertz CT molecular complexity index is 372. The molecule has 2 rings (SSSR count). The molecule has 0 aliphatic heterocycles. The molecule has 2 aliphatic carbocycles. The lowest BCUT2D eigenvalue weighted by Gasteiger charge is -2.19. The molecule has 0 bridgehead atoms. The Labute approximate surface area is 131 Å². The molecule has 21 heavy (non-hydrogen) atoms. The molecule has 0 aromatic heterocycles. The molecule has 1 nitrogen and oxygen atoms in total. The highest BCUT2D eigenvalue weighted by Gasteiger charge is 2.12. The van der Waals surface area contributed by atoms with Crippen LogP contribution in [0.2, 0.25) is 0 Å². The third-order valence-corrected chi connectivity index (χ3v) is 4.67. The van der Waals surface area contributed by atoms with Gasteiger partial charge in [0.25, 0.3) is 0 Å². The SMILES string of the molecule is C=C(C)C1CC=C(C)CC1.C=C(C)C1CC=C(C)CC1.O. The van der Waals surface area contributed by atoms with Crippen molar-refractivity contribution in [3.8, 4) is 0 Å². The van der Waals surface area contributed by atoms with Gasteiger partial charge < -0.3 is 5.48 Å². The quantitative estimate of drug-likeness (QED) is 0.576. The number of hydrogen-bond acceptors (Lipinski definition) is 0. The minimum atomic E-state index is 0. The van der Waals surface area contributed by atoms with Crippen LogP contribution in [0.3, 0.4) is 0 Å². The van der Waals surface area contributed by atoms with E-state index in [0.717, 1.165) is 11.8 Å². The summed E-state index contributed by atoms with van der Waals surface area (Å²) in [7, 11) is 0. The van der Waals surface area contributed by atoms with E-state index >= 15 is 0 Å². The summed E-state index contributed by atoms with van der Waals surface area (Å²) >= 11 is 0. The minimum absolute atomic E-state index is 0. The monoisotopic (exact) mass is 290 g/mol. The van der Waals surface area contributed by atoms with Gasteiger partial charge in [-0.3, -0.25) is 0 Å². The van der Waals surface area contributed by atoms with Gasteiger partial charge in [0.2, 0.25) is 0 Å². The zero-order valence-electron chi connectivity index (χ0n) is 14.5. The average molecular weight is 290 g/mol. The molecule has 2 N–H and O–H groups in total. The Morgan fingerprint density at radius 2 is 1.19 bits per heavy atom. The Morgan fingerprint density at radius 3 is 1.38 bits per heavy atom. The summed E-state index contributed by atoms with van der Waals surface area (Å²) in [5.41, 5.74) is 5.81. The van der Waals surface area contributed by atoms with Crippen LogP contribution in [0.15, 0.2) is 47.6 Å². The van der Waals surface area contributed by atoms with Crippen LogP contribution in [0.25, 0.3) is 0 Å². The van der Waals surface area contributed by atoms with Crippen LogP contribution >= 0.6 is 0 Å². The van der Waals surface area contributed by atoms with Crippen molar-refractivity contribution < 1.29 is 5.48 Å². The highest BCUT2D eigenvalue weighted by molar-refractivity contribution is 5.10. The third-order valence-electron chi connectivity index (χ3n) is 4.67. The molecule has 0 aromatic carbocycles. The summed E-state index contributed by atoms with van der Waals surface area (Å²) in [6, 6.07) is 0. The molecule has 0 aromatic rings. The average Bonchev–Trinajstić information content (AvgIpc) is 2.40. The second-order valence-corrected chi connectivity index (χ2v) is 6.74. The molecule has 0 saturated carbocycles. The molecule has 0 amide bonds. The van der Waals surface area contributed by atoms with E-state index in [-0.39, 0.29) is 5.48 Å². The molecule has 0 fully saturated rings. The number of allylic oxidation sites excluding steroid dienone is 6. The van der Waals surface area contributed by atoms with Crippen molar-refractivity contribution in [3.05, 3.63) is 47.6 Å². The Morgan fingerprint density at radius 1 is 0.857 bits per heavy atom.